The summed E-state index contributed by atoms with van der Waals surface area (Å²) in [6, 6.07) is 3.34. The van der Waals surface area contributed by atoms with Crippen molar-refractivity contribution in [1.82, 2.24) is 9.97 Å². The summed E-state index contributed by atoms with van der Waals surface area (Å²) in [5.41, 5.74) is 3.03. The van der Waals surface area contributed by atoms with Gasteiger partial charge >= 0.3 is 5.97 Å². The molecule has 1 aliphatic carbocycles. The van der Waals surface area contributed by atoms with Crippen molar-refractivity contribution in [2.24, 2.45) is 11.8 Å². The normalized spacial score (nSPS) is 17.5. The maximum absolute atomic E-state index is 13.7. The summed E-state index contributed by atoms with van der Waals surface area (Å²) in [7, 11) is 1.33. The molecule has 3 aromatic heterocycles. The van der Waals surface area contributed by atoms with Gasteiger partial charge in [0.25, 0.3) is 5.91 Å². The summed E-state index contributed by atoms with van der Waals surface area (Å²) in [4.78, 5) is 49.8. The maximum Gasteiger partial charge on any atom is 0.350 e. The quantitative estimate of drug-likeness (QED) is 0.330. The zero-order valence-electron chi connectivity index (χ0n) is 21.1. The van der Waals surface area contributed by atoms with Crippen LogP contribution in [0.4, 0.5) is 11.5 Å². The Hall–Kier alpha value is -2.82. The number of amides is 2. The number of pyridine rings is 1. The first-order valence-electron chi connectivity index (χ1n) is 12.1. The number of rotatable bonds is 7. The van der Waals surface area contributed by atoms with E-state index in [-0.39, 0.29) is 34.4 Å². The molecule has 2 amide bonds. The van der Waals surface area contributed by atoms with E-state index in [4.69, 9.17) is 16.3 Å². The highest BCUT2D eigenvalue weighted by Crippen LogP contribution is 2.41. The molecule has 0 bridgehead atoms. The first-order chi connectivity index (χ1) is 17.7. The fourth-order valence-electron chi connectivity index (χ4n) is 4.46. The fraction of sp³-hybridized carbons (Fsp3) is 0.423. The molecule has 1 saturated carbocycles. The van der Waals surface area contributed by atoms with E-state index in [0.29, 0.717) is 26.9 Å². The molecule has 3 heterocycles. The molecule has 11 heteroatoms. The first kappa shape index (κ1) is 27.2. The number of thiazole rings is 1. The van der Waals surface area contributed by atoms with E-state index in [9.17, 15) is 14.4 Å². The van der Waals surface area contributed by atoms with Gasteiger partial charge in [0.05, 0.1) is 23.3 Å². The van der Waals surface area contributed by atoms with Gasteiger partial charge in [-0.2, -0.15) is 0 Å². The third-order valence-electron chi connectivity index (χ3n) is 6.48. The molecule has 0 aliphatic heterocycles. The fourth-order valence-corrected chi connectivity index (χ4v) is 6.25. The minimum atomic E-state index is -0.506. The smallest absolute Gasteiger partial charge is 0.350 e. The Labute approximate surface area is 229 Å². The van der Waals surface area contributed by atoms with Gasteiger partial charge in [0, 0.05) is 34.0 Å². The van der Waals surface area contributed by atoms with Gasteiger partial charge < -0.3 is 15.0 Å². The number of nitrogens with one attached hydrogen (secondary N) is 1. The number of hydrogen-bond donors (Lipinski definition) is 1. The molecule has 0 saturated heterocycles. The zero-order chi connectivity index (χ0) is 26.7. The standard InChI is InChI=1S/C26H29ClN4O4S2/c1-14(2)31(25(33)16-7-5-15(3)6-8-16)20-10-21(37-22(20)26(34)35-4)17-9-18(27)23(28-11-17)30-24(32)19-12-36-13-29-19/h9-16H,5-8H2,1-4H3,(H,28,30,32). The minimum absolute atomic E-state index is 0.0349. The highest BCUT2D eigenvalue weighted by Gasteiger charge is 2.33. The molecule has 0 radical (unpaired) electrons. The second kappa shape index (κ2) is 11.7. The van der Waals surface area contributed by atoms with Crippen LogP contribution >= 0.6 is 34.3 Å². The third-order valence-corrected chi connectivity index (χ3v) is 8.51. The van der Waals surface area contributed by atoms with Crippen molar-refractivity contribution in [3.8, 4) is 10.4 Å². The Morgan fingerprint density at radius 1 is 1.16 bits per heavy atom. The molecule has 3 aromatic rings. The van der Waals surface area contributed by atoms with Crippen LogP contribution in [0.2, 0.25) is 5.02 Å². The number of aromatic nitrogens is 2. The van der Waals surface area contributed by atoms with Gasteiger partial charge in [0.2, 0.25) is 5.91 Å². The van der Waals surface area contributed by atoms with E-state index in [1.54, 1.807) is 28.1 Å². The average Bonchev–Trinajstić information content (AvgIpc) is 3.56. The number of methoxy groups -OCH3 is 1. The summed E-state index contributed by atoms with van der Waals surface area (Å²) >= 11 is 8.99. The van der Waals surface area contributed by atoms with Gasteiger partial charge in [0.1, 0.15) is 10.6 Å². The van der Waals surface area contributed by atoms with Crippen LogP contribution in [-0.2, 0) is 9.53 Å². The molecule has 4 rings (SSSR count). The number of halogens is 1. The van der Waals surface area contributed by atoms with Gasteiger partial charge in [-0.1, -0.05) is 18.5 Å². The van der Waals surface area contributed by atoms with E-state index in [1.165, 1.54) is 29.8 Å². The lowest BCUT2D eigenvalue weighted by molar-refractivity contribution is -0.123. The predicted molar refractivity (Wildman–Crippen MR) is 148 cm³/mol. The van der Waals surface area contributed by atoms with E-state index in [2.05, 4.69) is 22.2 Å². The molecule has 1 aliphatic rings. The lowest BCUT2D eigenvalue weighted by Crippen LogP contribution is -2.42. The Morgan fingerprint density at radius 2 is 1.89 bits per heavy atom. The average molecular weight is 561 g/mol. The lowest BCUT2D eigenvalue weighted by Gasteiger charge is -2.33. The van der Waals surface area contributed by atoms with Crippen molar-refractivity contribution < 1.29 is 19.1 Å². The number of thiophene rings is 1. The van der Waals surface area contributed by atoms with Crippen molar-refractivity contribution in [2.45, 2.75) is 52.5 Å². The summed E-state index contributed by atoms with van der Waals surface area (Å²) in [5.74, 6) is -0.108. The van der Waals surface area contributed by atoms with Crippen LogP contribution in [0.25, 0.3) is 10.4 Å². The first-order valence-corrected chi connectivity index (χ1v) is 14.2. The van der Waals surface area contributed by atoms with Crippen molar-refractivity contribution in [3.05, 3.63) is 44.8 Å². The molecular formula is C26H29ClN4O4S2. The molecule has 8 nitrogen and oxygen atoms in total. The minimum Gasteiger partial charge on any atom is -0.465 e. The monoisotopic (exact) mass is 560 g/mol. The van der Waals surface area contributed by atoms with Crippen LogP contribution in [0.3, 0.4) is 0 Å². The Morgan fingerprint density at radius 3 is 2.49 bits per heavy atom. The largest absolute Gasteiger partial charge is 0.465 e. The second-order valence-corrected chi connectivity index (χ2v) is 11.6. The Kier molecular flexibility index (Phi) is 8.61. The van der Waals surface area contributed by atoms with Gasteiger partial charge in [-0.3, -0.25) is 9.59 Å². The molecule has 0 atom stereocenters. The van der Waals surface area contributed by atoms with Crippen LogP contribution in [0.1, 0.15) is 66.6 Å². The maximum atomic E-state index is 13.7. The Balaban J connectivity index is 1.65. The summed E-state index contributed by atoms with van der Waals surface area (Å²) in [5, 5.41) is 4.53. The number of carbonyl (C=O) groups is 3. The predicted octanol–water partition coefficient (Wildman–Crippen LogP) is 6.53. The van der Waals surface area contributed by atoms with Crippen molar-refractivity contribution >= 4 is 63.6 Å². The molecule has 0 spiro atoms. The highest BCUT2D eigenvalue weighted by molar-refractivity contribution is 7.18. The summed E-state index contributed by atoms with van der Waals surface area (Å²) in [6.45, 7) is 6.11. The second-order valence-electron chi connectivity index (χ2n) is 9.46. The van der Waals surface area contributed by atoms with Crippen LogP contribution in [0.5, 0.6) is 0 Å². The van der Waals surface area contributed by atoms with Gasteiger partial charge in [0.15, 0.2) is 5.82 Å². The molecule has 0 aromatic carbocycles. The molecule has 1 fully saturated rings. The van der Waals surface area contributed by atoms with Crippen molar-refractivity contribution in [3.63, 3.8) is 0 Å². The number of ether oxygens (including phenoxy) is 1. The number of hydrogen-bond acceptors (Lipinski definition) is 8. The summed E-state index contributed by atoms with van der Waals surface area (Å²) in [6.07, 6.45) is 5.32. The van der Waals surface area contributed by atoms with Crippen LogP contribution in [0.15, 0.2) is 29.2 Å². The van der Waals surface area contributed by atoms with E-state index >= 15 is 0 Å². The van der Waals surface area contributed by atoms with E-state index in [0.717, 1.165) is 25.7 Å². The van der Waals surface area contributed by atoms with E-state index < -0.39 is 11.9 Å². The molecule has 37 heavy (non-hydrogen) atoms. The number of anilines is 2. The van der Waals surface area contributed by atoms with E-state index in [1.807, 2.05) is 19.9 Å². The molecule has 0 unspecified atom stereocenters. The topological polar surface area (TPSA) is 101 Å². The van der Waals surface area contributed by atoms with Crippen molar-refractivity contribution in [1.29, 1.82) is 0 Å². The van der Waals surface area contributed by atoms with Gasteiger partial charge in [-0.05, 0) is 57.6 Å². The number of esters is 1. The van der Waals surface area contributed by atoms with Gasteiger partial charge in [-0.15, -0.1) is 22.7 Å². The SMILES string of the molecule is COC(=O)c1sc(-c2cnc(NC(=O)c3cscn3)c(Cl)c2)cc1N(C(=O)C1CCC(C)CC1)C(C)C. The number of carbonyl (C=O) groups excluding carboxylic acids is 3. The van der Waals surface area contributed by atoms with Crippen LogP contribution in [-0.4, -0.2) is 40.9 Å². The van der Waals surface area contributed by atoms with Gasteiger partial charge in [-0.25, -0.2) is 14.8 Å². The zero-order valence-corrected chi connectivity index (χ0v) is 23.5. The van der Waals surface area contributed by atoms with Crippen molar-refractivity contribution in [2.75, 3.05) is 17.3 Å². The summed E-state index contributed by atoms with van der Waals surface area (Å²) < 4.78 is 5.06. The molecular weight excluding hydrogens is 532 g/mol. The third kappa shape index (κ3) is 6.02. The molecule has 1 N–H and O–H groups in total. The van der Waals surface area contributed by atoms with Crippen LogP contribution < -0.4 is 10.2 Å². The van der Waals surface area contributed by atoms with Crippen LogP contribution in [0, 0.1) is 11.8 Å². The lowest BCUT2D eigenvalue weighted by atomic mass is 9.82. The Bertz CT molecular complexity index is 1280. The number of nitrogens with zero attached hydrogens (tertiary/aromatic N) is 3. The highest BCUT2D eigenvalue weighted by atomic mass is 35.5. The molecule has 196 valence electrons.